The van der Waals surface area contributed by atoms with Gasteiger partial charge < -0.3 is 10.1 Å². The molecule has 1 heterocycles. The molecule has 3 rings (SSSR count). The minimum atomic E-state index is -0.239. The van der Waals surface area contributed by atoms with Crippen molar-refractivity contribution in [1.29, 1.82) is 0 Å². The number of ether oxygens (including phenoxy) is 1. The molecular formula is C21H19N3O3. The van der Waals surface area contributed by atoms with Gasteiger partial charge in [-0.05, 0) is 23.8 Å². The van der Waals surface area contributed by atoms with E-state index in [2.05, 4.69) is 16.3 Å². The summed E-state index contributed by atoms with van der Waals surface area (Å²) in [4.78, 5) is 24.7. The predicted molar refractivity (Wildman–Crippen MR) is 103 cm³/mol. The van der Waals surface area contributed by atoms with Crippen LogP contribution in [0, 0.1) is 12.3 Å². The van der Waals surface area contributed by atoms with Crippen molar-refractivity contribution < 1.29 is 9.53 Å². The predicted octanol–water partition coefficient (Wildman–Crippen LogP) is 1.90. The number of nitrogens with one attached hydrogen (secondary N) is 1. The van der Waals surface area contributed by atoms with Gasteiger partial charge in [-0.2, -0.15) is 5.10 Å². The Kier molecular flexibility index (Phi) is 5.53. The van der Waals surface area contributed by atoms with Gasteiger partial charge in [-0.15, -0.1) is 6.42 Å². The quantitative estimate of drug-likeness (QED) is 0.681. The fourth-order valence-corrected chi connectivity index (χ4v) is 2.80. The standard InChI is InChI=1S/C21H19N3O3/c1-3-12-24-21(26)18-7-5-4-6-17(18)19(23-24)14-22-20(25)13-15-8-10-16(27-2)11-9-15/h1,4-11H,12-14H2,2H3,(H,22,25). The Morgan fingerprint density at radius 3 is 2.56 bits per heavy atom. The number of carbonyl (C=O) groups excluding carboxylic acids is 1. The van der Waals surface area contributed by atoms with Gasteiger partial charge in [0.2, 0.25) is 5.91 Å². The van der Waals surface area contributed by atoms with E-state index in [-0.39, 0.29) is 31.0 Å². The van der Waals surface area contributed by atoms with Crippen LogP contribution in [-0.2, 0) is 24.3 Å². The van der Waals surface area contributed by atoms with Crippen LogP contribution in [0.15, 0.2) is 53.3 Å². The molecule has 0 aliphatic heterocycles. The number of methoxy groups -OCH3 is 1. The third-order valence-electron chi connectivity index (χ3n) is 4.16. The number of benzene rings is 2. The number of fused-ring (bicyclic) bond motifs is 1. The summed E-state index contributed by atoms with van der Waals surface area (Å²) in [6.45, 7) is 0.289. The SMILES string of the molecule is C#CCn1nc(CNC(=O)Cc2ccc(OC)cc2)c2ccccc2c1=O. The first kappa shape index (κ1) is 18.2. The van der Waals surface area contributed by atoms with Crippen LogP contribution in [0.1, 0.15) is 11.3 Å². The molecule has 6 nitrogen and oxygen atoms in total. The Balaban J connectivity index is 1.77. The highest BCUT2D eigenvalue weighted by Gasteiger charge is 2.11. The Morgan fingerprint density at radius 2 is 1.89 bits per heavy atom. The number of nitrogens with zero attached hydrogens (tertiary/aromatic N) is 2. The number of terminal acetylenes is 1. The molecule has 0 bridgehead atoms. The van der Waals surface area contributed by atoms with E-state index in [1.165, 1.54) is 4.68 Å². The van der Waals surface area contributed by atoms with Crippen LogP contribution in [0.25, 0.3) is 10.8 Å². The Bertz CT molecular complexity index is 1060. The highest BCUT2D eigenvalue weighted by molar-refractivity contribution is 5.84. The molecule has 2 aromatic carbocycles. The van der Waals surface area contributed by atoms with E-state index in [1.54, 1.807) is 19.2 Å². The van der Waals surface area contributed by atoms with Crippen molar-refractivity contribution in [3.05, 3.63) is 70.1 Å². The molecule has 0 atom stereocenters. The maximum Gasteiger partial charge on any atom is 0.275 e. The van der Waals surface area contributed by atoms with Crippen LogP contribution < -0.4 is 15.6 Å². The number of aromatic nitrogens is 2. The zero-order valence-corrected chi connectivity index (χ0v) is 14.9. The van der Waals surface area contributed by atoms with E-state index < -0.39 is 0 Å². The average molecular weight is 361 g/mol. The zero-order chi connectivity index (χ0) is 19.2. The summed E-state index contributed by atoms with van der Waals surface area (Å²) in [7, 11) is 1.60. The summed E-state index contributed by atoms with van der Waals surface area (Å²) in [5.74, 6) is 3.03. The first-order valence-corrected chi connectivity index (χ1v) is 8.44. The average Bonchev–Trinajstić information content (AvgIpc) is 2.70. The lowest BCUT2D eigenvalue weighted by atomic mass is 10.1. The summed E-state index contributed by atoms with van der Waals surface area (Å²) in [5.41, 5.74) is 1.24. The highest BCUT2D eigenvalue weighted by Crippen LogP contribution is 2.14. The van der Waals surface area contributed by atoms with Crippen molar-refractivity contribution in [2.45, 2.75) is 19.5 Å². The van der Waals surface area contributed by atoms with E-state index in [4.69, 9.17) is 11.2 Å². The van der Waals surface area contributed by atoms with Crippen molar-refractivity contribution in [1.82, 2.24) is 15.1 Å². The Morgan fingerprint density at radius 1 is 1.19 bits per heavy atom. The van der Waals surface area contributed by atoms with Gasteiger partial charge in [0.1, 0.15) is 12.3 Å². The number of carbonyl (C=O) groups is 1. The van der Waals surface area contributed by atoms with Crippen molar-refractivity contribution in [2.75, 3.05) is 7.11 Å². The first-order chi connectivity index (χ1) is 13.1. The lowest BCUT2D eigenvalue weighted by Gasteiger charge is -2.10. The van der Waals surface area contributed by atoms with E-state index in [1.807, 2.05) is 36.4 Å². The minimum Gasteiger partial charge on any atom is -0.497 e. The van der Waals surface area contributed by atoms with Crippen molar-refractivity contribution in [2.24, 2.45) is 0 Å². The van der Waals surface area contributed by atoms with Crippen molar-refractivity contribution in [3.8, 4) is 18.1 Å². The molecule has 3 aromatic rings. The molecule has 1 amide bonds. The van der Waals surface area contributed by atoms with Gasteiger partial charge in [-0.1, -0.05) is 36.3 Å². The minimum absolute atomic E-state index is 0.0798. The maximum atomic E-state index is 12.4. The van der Waals surface area contributed by atoms with Crippen LogP contribution in [0.3, 0.4) is 0 Å². The van der Waals surface area contributed by atoms with Gasteiger partial charge in [0.15, 0.2) is 0 Å². The fourth-order valence-electron chi connectivity index (χ4n) is 2.80. The lowest BCUT2D eigenvalue weighted by molar-refractivity contribution is -0.120. The van der Waals surface area contributed by atoms with Gasteiger partial charge in [0.25, 0.3) is 5.56 Å². The molecule has 0 unspecified atom stereocenters. The summed E-state index contributed by atoms with van der Waals surface area (Å²) < 4.78 is 6.35. The maximum absolute atomic E-state index is 12.4. The van der Waals surface area contributed by atoms with Crippen LogP contribution in [0.5, 0.6) is 5.75 Å². The smallest absolute Gasteiger partial charge is 0.275 e. The first-order valence-electron chi connectivity index (χ1n) is 8.44. The van der Waals surface area contributed by atoms with E-state index >= 15 is 0 Å². The molecule has 0 fully saturated rings. The monoisotopic (exact) mass is 361 g/mol. The summed E-state index contributed by atoms with van der Waals surface area (Å²) in [6, 6.07) is 14.5. The fraction of sp³-hybridized carbons (Fsp3) is 0.190. The molecular weight excluding hydrogens is 342 g/mol. The van der Waals surface area contributed by atoms with E-state index in [9.17, 15) is 9.59 Å². The second-order valence-corrected chi connectivity index (χ2v) is 5.96. The second-order valence-electron chi connectivity index (χ2n) is 5.96. The highest BCUT2D eigenvalue weighted by atomic mass is 16.5. The van der Waals surface area contributed by atoms with E-state index in [0.29, 0.717) is 16.5 Å². The Hall–Kier alpha value is -3.59. The lowest BCUT2D eigenvalue weighted by Crippen LogP contribution is -2.29. The summed E-state index contributed by atoms with van der Waals surface area (Å²) in [5, 5.41) is 8.42. The third-order valence-corrected chi connectivity index (χ3v) is 4.16. The van der Waals surface area contributed by atoms with E-state index in [0.717, 1.165) is 11.3 Å². The topological polar surface area (TPSA) is 73.2 Å². The molecule has 0 radical (unpaired) electrons. The van der Waals surface area contributed by atoms with Crippen LogP contribution in [0.2, 0.25) is 0 Å². The second kappa shape index (κ2) is 8.19. The summed E-state index contributed by atoms with van der Waals surface area (Å²) in [6.07, 6.45) is 5.57. The van der Waals surface area contributed by atoms with Crippen LogP contribution in [0.4, 0.5) is 0 Å². The van der Waals surface area contributed by atoms with Gasteiger partial charge in [0.05, 0.1) is 31.2 Å². The molecule has 1 aromatic heterocycles. The third kappa shape index (κ3) is 4.15. The van der Waals surface area contributed by atoms with Gasteiger partial charge in [-0.25, -0.2) is 4.68 Å². The molecule has 1 N–H and O–H groups in total. The van der Waals surface area contributed by atoms with Gasteiger partial charge in [-0.3, -0.25) is 9.59 Å². The molecule has 6 heteroatoms. The number of amides is 1. The molecule has 0 aliphatic rings. The molecule has 136 valence electrons. The number of hydrogen-bond donors (Lipinski definition) is 1. The zero-order valence-electron chi connectivity index (χ0n) is 14.9. The number of hydrogen-bond acceptors (Lipinski definition) is 4. The summed E-state index contributed by atoms with van der Waals surface area (Å²) >= 11 is 0. The molecule has 0 aliphatic carbocycles. The van der Waals surface area contributed by atoms with Crippen LogP contribution >= 0.6 is 0 Å². The largest absolute Gasteiger partial charge is 0.497 e. The molecule has 0 saturated heterocycles. The van der Waals surface area contributed by atoms with Gasteiger partial charge in [0, 0.05) is 5.39 Å². The normalized spacial score (nSPS) is 10.4. The van der Waals surface area contributed by atoms with Crippen molar-refractivity contribution >= 4 is 16.7 Å². The molecule has 0 saturated carbocycles. The van der Waals surface area contributed by atoms with Crippen LogP contribution in [-0.4, -0.2) is 22.8 Å². The number of rotatable bonds is 6. The molecule has 27 heavy (non-hydrogen) atoms. The van der Waals surface area contributed by atoms with Gasteiger partial charge >= 0.3 is 0 Å². The Labute approximate surface area is 156 Å². The molecule has 0 spiro atoms. The van der Waals surface area contributed by atoms with Crippen molar-refractivity contribution in [3.63, 3.8) is 0 Å².